The van der Waals surface area contributed by atoms with E-state index in [0.717, 1.165) is 17.5 Å². The molecule has 0 fully saturated rings. The predicted molar refractivity (Wildman–Crippen MR) is 128 cm³/mol. The number of aromatic nitrogens is 2. The van der Waals surface area contributed by atoms with E-state index >= 15 is 0 Å². The molecule has 0 spiro atoms. The fourth-order valence-corrected chi connectivity index (χ4v) is 4.70. The second kappa shape index (κ2) is 8.62. The van der Waals surface area contributed by atoms with Crippen LogP contribution in [0.25, 0.3) is 5.52 Å². The second-order valence-electron chi connectivity index (χ2n) is 8.88. The van der Waals surface area contributed by atoms with E-state index in [2.05, 4.69) is 31.3 Å². The molecule has 1 aliphatic heterocycles. The minimum Gasteiger partial charge on any atom is -0.342 e. The lowest BCUT2D eigenvalue weighted by Crippen LogP contribution is -2.40. The number of pyridine rings is 1. The average Bonchev–Trinajstić information content (AvgIpc) is 3.44. The third-order valence-electron chi connectivity index (χ3n) is 6.40. The van der Waals surface area contributed by atoms with Crippen molar-refractivity contribution in [1.82, 2.24) is 19.2 Å². The van der Waals surface area contributed by atoms with Gasteiger partial charge in [-0.05, 0) is 61.7 Å². The van der Waals surface area contributed by atoms with E-state index in [-0.39, 0.29) is 23.9 Å². The monoisotopic (exact) mass is 440 g/mol. The van der Waals surface area contributed by atoms with Crippen molar-refractivity contribution < 1.29 is 9.59 Å². The largest absolute Gasteiger partial charge is 0.342 e. The summed E-state index contributed by atoms with van der Waals surface area (Å²) in [6.07, 6.45) is 6.49. The lowest BCUT2D eigenvalue weighted by Gasteiger charge is -2.26. The topological polar surface area (TPSA) is 58.8 Å². The van der Waals surface area contributed by atoms with Crippen molar-refractivity contribution in [3.05, 3.63) is 102 Å². The van der Waals surface area contributed by atoms with E-state index < -0.39 is 0 Å². The summed E-state index contributed by atoms with van der Waals surface area (Å²) in [5, 5.41) is 3.22. The molecular formula is C27H28N4O2. The first kappa shape index (κ1) is 21.1. The quantitative estimate of drug-likeness (QED) is 0.508. The molecule has 1 aliphatic rings. The fourth-order valence-electron chi connectivity index (χ4n) is 4.70. The molecule has 0 saturated heterocycles. The van der Waals surface area contributed by atoms with Crippen LogP contribution in [0.1, 0.15) is 57.9 Å². The minimum absolute atomic E-state index is 0.0173. The molecule has 1 N–H and O–H groups in total. The van der Waals surface area contributed by atoms with Crippen molar-refractivity contribution in [2.75, 3.05) is 13.1 Å². The van der Waals surface area contributed by atoms with Gasteiger partial charge < -0.3 is 19.2 Å². The Morgan fingerprint density at radius 1 is 1.00 bits per heavy atom. The zero-order chi connectivity index (χ0) is 22.9. The average molecular weight is 441 g/mol. The van der Waals surface area contributed by atoms with Gasteiger partial charge in [0.1, 0.15) is 5.69 Å². The molecular weight excluding hydrogens is 412 g/mol. The maximum absolute atomic E-state index is 13.5. The number of benzene rings is 1. The molecule has 6 nitrogen and oxygen atoms in total. The highest BCUT2D eigenvalue weighted by Crippen LogP contribution is 2.26. The molecule has 3 aromatic heterocycles. The van der Waals surface area contributed by atoms with Gasteiger partial charge in [-0.3, -0.25) is 9.59 Å². The molecule has 0 aliphatic carbocycles. The van der Waals surface area contributed by atoms with Crippen LogP contribution in [0.4, 0.5) is 0 Å². The van der Waals surface area contributed by atoms with Gasteiger partial charge in [0.2, 0.25) is 0 Å². The molecule has 1 aromatic carbocycles. The third-order valence-corrected chi connectivity index (χ3v) is 6.40. The Labute approximate surface area is 193 Å². The molecule has 0 radical (unpaired) electrons. The number of carbonyl (C=O) groups is 2. The molecule has 33 heavy (non-hydrogen) atoms. The summed E-state index contributed by atoms with van der Waals surface area (Å²) < 4.78 is 3.92. The fraction of sp³-hybridized carbons (Fsp3) is 0.259. The van der Waals surface area contributed by atoms with Gasteiger partial charge in [-0.2, -0.15) is 0 Å². The number of rotatable bonds is 4. The second-order valence-corrected chi connectivity index (χ2v) is 8.88. The summed E-state index contributed by atoms with van der Waals surface area (Å²) in [5.74, 6) is -0.145. The van der Waals surface area contributed by atoms with E-state index in [1.165, 1.54) is 5.56 Å². The number of fused-ring (bicyclic) bond motifs is 2. The number of amides is 2. The predicted octanol–water partition coefficient (Wildman–Crippen LogP) is 4.49. The first-order chi connectivity index (χ1) is 16.0. The van der Waals surface area contributed by atoms with Crippen molar-refractivity contribution >= 4 is 17.3 Å². The van der Waals surface area contributed by atoms with E-state index in [1.54, 1.807) is 0 Å². The maximum atomic E-state index is 13.5. The van der Waals surface area contributed by atoms with Gasteiger partial charge in [-0.1, -0.05) is 30.3 Å². The van der Waals surface area contributed by atoms with E-state index in [1.807, 2.05) is 81.0 Å². The Morgan fingerprint density at radius 2 is 1.82 bits per heavy atom. The molecule has 0 saturated carbocycles. The molecule has 4 heterocycles. The van der Waals surface area contributed by atoms with Crippen molar-refractivity contribution in [2.45, 2.75) is 32.4 Å². The van der Waals surface area contributed by atoms with E-state index in [0.29, 0.717) is 24.3 Å². The molecule has 168 valence electrons. The first-order valence-corrected chi connectivity index (χ1v) is 11.4. The summed E-state index contributed by atoms with van der Waals surface area (Å²) in [4.78, 5) is 28.6. The highest BCUT2D eigenvalue weighted by molar-refractivity contribution is 5.96. The highest BCUT2D eigenvalue weighted by atomic mass is 16.2. The number of hydrogen-bond donors (Lipinski definition) is 1. The van der Waals surface area contributed by atoms with Crippen molar-refractivity contribution in [2.24, 2.45) is 0 Å². The van der Waals surface area contributed by atoms with Gasteiger partial charge >= 0.3 is 0 Å². The van der Waals surface area contributed by atoms with Crippen LogP contribution in [0.3, 0.4) is 0 Å². The smallest absolute Gasteiger partial charge is 0.268 e. The Morgan fingerprint density at radius 3 is 2.64 bits per heavy atom. The minimum atomic E-state index is -0.285. The zero-order valence-corrected chi connectivity index (χ0v) is 18.9. The van der Waals surface area contributed by atoms with Crippen molar-refractivity contribution in [1.29, 1.82) is 0 Å². The highest BCUT2D eigenvalue weighted by Gasteiger charge is 2.29. The molecule has 5 rings (SSSR count). The van der Waals surface area contributed by atoms with Crippen LogP contribution in [-0.2, 0) is 6.42 Å². The van der Waals surface area contributed by atoms with Crippen LogP contribution in [0, 0.1) is 0 Å². The van der Waals surface area contributed by atoms with Gasteiger partial charge in [0.15, 0.2) is 0 Å². The SMILES string of the molecule is CC(C)n1cccc1C(=O)NC1CN(C(=O)c2cc3ccccn3c2)CCc2ccccc21. The van der Waals surface area contributed by atoms with Crippen LogP contribution >= 0.6 is 0 Å². The summed E-state index contributed by atoms with van der Waals surface area (Å²) in [6, 6.07) is 19.6. The molecule has 2 amide bonds. The van der Waals surface area contributed by atoms with Crippen LogP contribution in [0.15, 0.2) is 79.3 Å². The van der Waals surface area contributed by atoms with Crippen LogP contribution in [-0.4, -0.2) is 38.8 Å². The Kier molecular flexibility index (Phi) is 5.50. The lowest BCUT2D eigenvalue weighted by atomic mass is 9.99. The van der Waals surface area contributed by atoms with Crippen LogP contribution in [0.5, 0.6) is 0 Å². The number of nitrogens with one attached hydrogen (secondary N) is 1. The Hall–Kier alpha value is -3.80. The Bertz CT molecular complexity index is 1280. The van der Waals surface area contributed by atoms with Gasteiger partial charge in [0.05, 0.1) is 11.6 Å². The lowest BCUT2D eigenvalue weighted by molar-refractivity contribution is 0.0731. The van der Waals surface area contributed by atoms with Crippen molar-refractivity contribution in [3.63, 3.8) is 0 Å². The summed E-state index contributed by atoms with van der Waals surface area (Å²) in [5.41, 5.74) is 4.51. The normalized spacial score (nSPS) is 16.0. The van der Waals surface area contributed by atoms with Gasteiger partial charge in [-0.25, -0.2) is 0 Å². The van der Waals surface area contributed by atoms with Crippen molar-refractivity contribution in [3.8, 4) is 0 Å². The molecule has 0 bridgehead atoms. The van der Waals surface area contributed by atoms with E-state index in [4.69, 9.17) is 0 Å². The zero-order valence-electron chi connectivity index (χ0n) is 18.9. The van der Waals surface area contributed by atoms with E-state index in [9.17, 15) is 9.59 Å². The number of hydrogen-bond acceptors (Lipinski definition) is 2. The van der Waals surface area contributed by atoms with Crippen LogP contribution < -0.4 is 5.32 Å². The standard InChI is InChI=1S/C27H28N4O2/c1-19(2)31-14-7-11-25(31)26(32)28-24-18-30(15-12-20-8-3-4-10-23(20)24)27(33)21-16-22-9-5-6-13-29(22)17-21/h3-11,13-14,16-17,19,24H,12,15,18H2,1-2H3,(H,28,32). The molecule has 6 heteroatoms. The van der Waals surface area contributed by atoms with Crippen LogP contribution in [0.2, 0.25) is 0 Å². The van der Waals surface area contributed by atoms with Gasteiger partial charge in [-0.15, -0.1) is 0 Å². The summed E-state index contributed by atoms with van der Waals surface area (Å²) >= 11 is 0. The Balaban J connectivity index is 1.44. The molecule has 1 atom stereocenters. The number of nitrogens with zero attached hydrogens (tertiary/aromatic N) is 3. The first-order valence-electron chi connectivity index (χ1n) is 11.4. The third kappa shape index (κ3) is 4.04. The maximum Gasteiger partial charge on any atom is 0.268 e. The van der Waals surface area contributed by atoms with Gasteiger partial charge in [0.25, 0.3) is 11.8 Å². The molecule has 1 unspecified atom stereocenters. The number of carbonyl (C=O) groups excluding carboxylic acids is 2. The molecule has 4 aromatic rings. The summed E-state index contributed by atoms with van der Waals surface area (Å²) in [6.45, 7) is 5.15. The summed E-state index contributed by atoms with van der Waals surface area (Å²) in [7, 11) is 0. The van der Waals surface area contributed by atoms with Gasteiger partial charge in [0, 0.05) is 43.2 Å².